The van der Waals surface area contributed by atoms with E-state index in [-0.39, 0.29) is 10.8 Å². The van der Waals surface area contributed by atoms with Crippen LogP contribution in [0, 0.1) is 5.82 Å². The summed E-state index contributed by atoms with van der Waals surface area (Å²) >= 11 is 5.92. The lowest BCUT2D eigenvalue weighted by Crippen LogP contribution is -2.08. The van der Waals surface area contributed by atoms with E-state index in [0.717, 1.165) is 36.3 Å². The largest absolute Gasteiger partial charge is 0.493 e. The Hall–Kier alpha value is -1.74. The Bertz CT molecular complexity index is 642. The van der Waals surface area contributed by atoms with Crippen LogP contribution < -0.4 is 10.5 Å². The van der Waals surface area contributed by atoms with Gasteiger partial charge in [-0.1, -0.05) is 17.7 Å². The molecule has 0 radical (unpaired) electrons. The van der Waals surface area contributed by atoms with Crippen LogP contribution in [0.25, 0.3) is 11.1 Å². The Labute approximate surface area is 115 Å². The predicted octanol–water partition coefficient (Wildman–Crippen LogP) is 4.05. The first-order valence-electron chi connectivity index (χ1n) is 6.16. The first-order valence-corrected chi connectivity index (χ1v) is 6.53. The highest BCUT2D eigenvalue weighted by molar-refractivity contribution is 6.33. The van der Waals surface area contributed by atoms with Gasteiger partial charge >= 0.3 is 0 Å². The lowest BCUT2D eigenvalue weighted by Gasteiger charge is -2.18. The number of aryl methyl sites for hydroxylation is 1. The highest BCUT2D eigenvalue weighted by Crippen LogP contribution is 2.36. The number of anilines is 1. The van der Waals surface area contributed by atoms with Crippen LogP contribution in [0.4, 0.5) is 10.1 Å². The van der Waals surface area contributed by atoms with Gasteiger partial charge in [0.25, 0.3) is 0 Å². The van der Waals surface area contributed by atoms with Gasteiger partial charge in [0.05, 0.1) is 17.3 Å². The van der Waals surface area contributed by atoms with Gasteiger partial charge in [-0.3, -0.25) is 0 Å². The topological polar surface area (TPSA) is 35.2 Å². The molecule has 2 aromatic carbocycles. The Morgan fingerprint density at radius 2 is 2.05 bits per heavy atom. The van der Waals surface area contributed by atoms with Crippen LogP contribution in [0.3, 0.4) is 0 Å². The summed E-state index contributed by atoms with van der Waals surface area (Å²) in [4.78, 5) is 0. The van der Waals surface area contributed by atoms with Crippen molar-refractivity contribution in [2.45, 2.75) is 12.8 Å². The molecular weight excluding hydrogens is 265 g/mol. The molecule has 1 aliphatic rings. The molecule has 3 rings (SSSR count). The maximum Gasteiger partial charge on any atom is 0.125 e. The van der Waals surface area contributed by atoms with Crippen LogP contribution in [0.5, 0.6) is 5.75 Å². The van der Waals surface area contributed by atoms with E-state index >= 15 is 0 Å². The van der Waals surface area contributed by atoms with Crippen molar-refractivity contribution in [2.75, 3.05) is 12.3 Å². The van der Waals surface area contributed by atoms with E-state index in [1.807, 2.05) is 18.2 Å². The van der Waals surface area contributed by atoms with Crippen molar-refractivity contribution in [3.05, 3.63) is 46.7 Å². The number of hydrogen-bond acceptors (Lipinski definition) is 2. The molecular formula is C15H13ClFNO. The van der Waals surface area contributed by atoms with Gasteiger partial charge in [-0.15, -0.1) is 0 Å². The van der Waals surface area contributed by atoms with E-state index in [2.05, 4.69) is 0 Å². The minimum absolute atomic E-state index is 0.240. The maximum absolute atomic E-state index is 13.5. The third-order valence-electron chi connectivity index (χ3n) is 3.31. The van der Waals surface area contributed by atoms with Crippen molar-refractivity contribution in [3.8, 4) is 16.9 Å². The Balaban J connectivity index is 2.12. The standard InChI is InChI=1S/C15H13ClFNO/c16-13-8-11(17)7-12(15(13)18)9-3-4-14-10(6-9)2-1-5-19-14/h3-4,6-8H,1-2,5,18H2. The molecule has 2 N–H and O–H groups in total. The molecule has 98 valence electrons. The first-order chi connectivity index (χ1) is 9.15. The van der Waals surface area contributed by atoms with Gasteiger partial charge in [0, 0.05) is 5.56 Å². The van der Waals surface area contributed by atoms with Crippen LogP contribution in [0.1, 0.15) is 12.0 Å². The number of hydrogen-bond donors (Lipinski definition) is 1. The number of fused-ring (bicyclic) bond motifs is 1. The summed E-state index contributed by atoms with van der Waals surface area (Å²) in [6.45, 7) is 0.750. The van der Waals surface area contributed by atoms with Gasteiger partial charge in [0.2, 0.25) is 0 Å². The Kier molecular flexibility index (Phi) is 3.07. The zero-order valence-corrected chi connectivity index (χ0v) is 11.0. The second-order valence-electron chi connectivity index (χ2n) is 4.62. The van der Waals surface area contributed by atoms with Crippen molar-refractivity contribution in [3.63, 3.8) is 0 Å². The van der Waals surface area contributed by atoms with Gasteiger partial charge in [-0.2, -0.15) is 0 Å². The lowest BCUT2D eigenvalue weighted by molar-refractivity contribution is 0.288. The van der Waals surface area contributed by atoms with Gasteiger partial charge in [-0.25, -0.2) is 4.39 Å². The predicted molar refractivity (Wildman–Crippen MR) is 75.1 cm³/mol. The van der Waals surface area contributed by atoms with E-state index in [9.17, 15) is 4.39 Å². The molecule has 0 fully saturated rings. The number of halogens is 2. The fourth-order valence-corrected chi connectivity index (χ4v) is 2.56. The zero-order valence-electron chi connectivity index (χ0n) is 10.2. The molecule has 0 atom stereocenters. The van der Waals surface area contributed by atoms with Crippen molar-refractivity contribution in [2.24, 2.45) is 0 Å². The molecule has 0 aromatic heterocycles. The third kappa shape index (κ3) is 2.26. The smallest absolute Gasteiger partial charge is 0.125 e. The molecule has 0 aliphatic carbocycles. The summed E-state index contributed by atoms with van der Waals surface area (Å²) in [6.07, 6.45) is 1.96. The quantitative estimate of drug-likeness (QED) is 0.798. The fraction of sp³-hybridized carbons (Fsp3) is 0.200. The lowest BCUT2D eigenvalue weighted by atomic mass is 9.98. The highest BCUT2D eigenvalue weighted by Gasteiger charge is 2.14. The number of rotatable bonds is 1. The molecule has 0 saturated heterocycles. The first kappa shape index (κ1) is 12.3. The van der Waals surface area contributed by atoms with Crippen LogP contribution in [0.15, 0.2) is 30.3 Å². The van der Waals surface area contributed by atoms with Crippen LogP contribution >= 0.6 is 11.6 Å². The Morgan fingerprint density at radius 1 is 1.21 bits per heavy atom. The van der Waals surface area contributed by atoms with Gasteiger partial charge in [-0.05, 0) is 48.2 Å². The Morgan fingerprint density at radius 3 is 2.89 bits per heavy atom. The summed E-state index contributed by atoms with van der Waals surface area (Å²) < 4.78 is 19.0. The van der Waals surface area contributed by atoms with Gasteiger partial charge < -0.3 is 10.5 Å². The zero-order chi connectivity index (χ0) is 13.4. The third-order valence-corrected chi connectivity index (χ3v) is 3.63. The van der Waals surface area contributed by atoms with E-state index in [1.165, 1.54) is 12.1 Å². The molecule has 0 amide bonds. The molecule has 1 aliphatic heterocycles. The normalized spacial score (nSPS) is 13.8. The van der Waals surface area contributed by atoms with E-state index in [0.29, 0.717) is 11.3 Å². The minimum atomic E-state index is -0.386. The van der Waals surface area contributed by atoms with Crippen molar-refractivity contribution < 1.29 is 9.13 Å². The SMILES string of the molecule is Nc1c(Cl)cc(F)cc1-c1ccc2c(c1)CCCO2. The molecule has 0 spiro atoms. The average Bonchev–Trinajstić information content (AvgIpc) is 2.42. The van der Waals surface area contributed by atoms with Crippen LogP contribution in [0.2, 0.25) is 5.02 Å². The van der Waals surface area contributed by atoms with Crippen molar-refractivity contribution >= 4 is 17.3 Å². The van der Waals surface area contributed by atoms with Crippen molar-refractivity contribution in [1.82, 2.24) is 0 Å². The number of nitrogens with two attached hydrogens (primary N) is 1. The van der Waals surface area contributed by atoms with E-state index in [4.69, 9.17) is 22.1 Å². The second kappa shape index (κ2) is 4.74. The highest BCUT2D eigenvalue weighted by atomic mass is 35.5. The minimum Gasteiger partial charge on any atom is -0.493 e. The molecule has 0 unspecified atom stereocenters. The van der Waals surface area contributed by atoms with Crippen LogP contribution in [-0.4, -0.2) is 6.61 Å². The molecule has 0 saturated carbocycles. The average molecular weight is 278 g/mol. The van der Waals surface area contributed by atoms with Gasteiger partial charge in [0.15, 0.2) is 0 Å². The molecule has 19 heavy (non-hydrogen) atoms. The molecule has 4 heteroatoms. The number of ether oxygens (including phenoxy) is 1. The molecule has 2 aromatic rings. The molecule has 0 bridgehead atoms. The summed E-state index contributed by atoms with van der Waals surface area (Å²) in [5.41, 5.74) is 8.95. The van der Waals surface area contributed by atoms with E-state index in [1.54, 1.807) is 0 Å². The number of benzene rings is 2. The summed E-state index contributed by atoms with van der Waals surface area (Å²) in [7, 11) is 0. The van der Waals surface area contributed by atoms with E-state index < -0.39 is 0 Å². The molecule has 1 heterocycles. The van der Waals surface area contributed by atoms with Gasteiger partial charge in [0.1, 0.15) is 11.6 Å². The molecule has 2 nitrogen and oxygen atoms in total. The van der Waals surface area contributed by atoms with Crippen LogP contribution in [-0.2, 0) is 6.42 Å². The maximum atomic E-state index is 13.5. The second-order valence-corrected chi connectivity index (χ2v) is 5.03. The van der Waals surface area contributed by atoms with Crippen molar-refractivity contribution in [1.29, 1.82) is 0 Å². The monoisotopic (exact) mass is 277 g/mol. The summed E-state index contributed by atoms with van der Waals surface area (Å²) in [5, 5.41) is 0.240. The fourth-order valence-electron chi connectivity index (χ4n) is 2.35. The summed E-state index contributed by atoms with van der Waals surface area (Å²) in [6, 6.07) is 8.41. The summed E-state index contributed by atoms with van der Waals surface area (Å²) in [5.74, 6) is 0.513. The number of nitrogen functional groups attached to an aromatic ring is 1.